The van der Waals surface area contributed by atoms with Crippen LogP contribution in [0.2, 0.25) is 10.0 Å². The molecule has 0 aliphatic heterocycles. The number of para-hydroxylation sites is 1. The van der Waals surface area contributed by atoms with Crippen molar-refractivity contribution in [1.29, 1.82) is 0 Å². The number of nitrogens with zero attached hydrogens (tertiary/aromatic N) is 1. The number of pyridine rings is 1. The van der Waals surface area contributed by atoms with E-state index in [-0.39, 0.29) is 5.91 Å². The Balaban J connectivity index is 1.72. The van der Waals surface area contributed by atoms with Crippen molar-refractivity contribution in [3.05, 3.63) is 82.0 Å². The van der Waals surface area contributed by atoms with Crippen LogP contribution in [-0.2, 0) is 0 Å². The molecular weight excluding hydrogens is 357 g/mol. The average Bonchev–Trinajstić information content (AvgIpc) is 2.60. The van der Waals surface area contributed by atoms with E-state index >= 15 is 0 Å². The number of halogens is 2. The van der Waals surface area contributed by atoms with Crippen molar-refractivity contribution >= 4 is 46.3 Å². The van der Waals surface area contributed by atoms with E-state index in [9.17, 15) is 4.79 Å². The molecule has 0 unspecified atom stereocenters. The van der Waals surface area contributed by atoms with E-state index in [1.165, 1.54) is 0 Å². The van der Waals surface area contributed by atoms with E-state index in [0.717, 1.165) is 5.56 Å². The van der Waals surface area contributed by atoms with Gasteiger partial charge in [-0.3, -0.25) is 4.79 Å². The van der Waals surface area contributed by atoms with Crippen LogP contribution in [0.25, 0.3) is 0 Å². The highest BCUT2D eigenvalue weighted by Gasteiger charge is 2.09. The SMILES string of the molecule is Cc1ccccc1C(=O)Nc1ccc(Nc2c(Cl)cccc2Cl)nc1. The van der Waals surface area contributed by atoms with E-state index in [1.54, 1.807) is 42.6 Å². The molecule has 0 bridgehead atoms. The Morgan fingerprint density at radius 1 is 0.960 bits per heavy atom. The van der Waals surface area contributed by atoms with Gasteiger partial charge in [0.15, 0.2) is 0 Å². The van der Waals surface area contributed by atoms with Crippen LogP contribution in [0.4, 0.5) is 17.2 Å². The number of nitrogens with one attached hydrogen (secondary N) is 2. The minimum Gasteiger partial charge on any atom is -0.338 e. The average molecular weight is 372 g/mol. The molecule has 25 heavy (non-hydrogen) atoms. The number of carbonyl (C=O) groups excluding carboxylic acids is 1. The Morgan fingerprint density at radius 2 is 1.68 bits per heavy atom. The molecule has 0 aliphatic carbocycles. The van der Waals surface area contributed by atoms with Crippen LogP contribution < -0.4 is 10.6 Å². The third-order valence-corrected chi connectivity index (χ3v) is 4.26. The second kappa shape index (κ2) is 7.55. The van der Waals surface area contributed by atoms with Gasteiger partial charge < -0.3 is 10.6 Å². The van der Waals surface area contributed by atoms with Gasteiger partial charge in [0, 0.05) is 5.56 Å². The monoisotopic (exact) mass is 371 g/mol. The lowest BCUT2D eigenvalue weighted by atomic mass is 10.1. The van der Waals surface area contributed by atoms with Gasteiger partial charge in [0.2, 0.25) is 0 Å². The zero-order chi connectivity index (χ0) is 17.8. The van der Waals surface area contributed by atoms with Gasteiger partial charge in [-0.2, -0.15) is 0 Å². The molecule has 0 saturated heterocycles. The Bertz CT molecular complexity index is 891. The Labute approximate surface area is 155 Å². The van der Waals surface area contributed by atoms with Crippen molar-refractivity contribution in [3.63, 3.8) is 0 Å². The first-order valence-corrected chi connectivity index (χ1v) is 8.34. The molecule has 1 heterocycles. The van der Waals surface area contributed by atoms with Crippen LogP contribution >= 0.6 is 23.2 Å². The molecule has 3 rings (SSSR count). The second-order valence-electron chi connectivity index (χ2n) is 5.42. The van der Waals surface area contributed by atoms with Crippen molar-refractivity contribution in [2.45, 2.75) is 6.92 Å². The molecule has 1 aromatic heterocycles. The van der Waals surface area contributed by atoms with E-state index in [4.69, 9.17) is 23.2 Å². The molecule has 0 radical (unpaired) electrons. The molecular formula is C19H15Cl2N3O. The first-order chi connectivity index (χ1) is 12.0. The number of carbonyl (C=O) groups is 1. The van der Waals surface area contributed by atoms with Crippen LogP contribution in [0.5, 0.6) is 0 Å². The predicted octanol–water partition coefficient (Wildman–Crippen LogP) is 5.69. The molecule has 3 aromatic rings. The summed E-state index contributed by atoms with van der Waals surface area (Å²) >= 11 is 12.3. The summed E-state index contributed by atoms with van der Waals surface area (Å²) in [7, 11) is 0. The normalized spacial score (nSPS) is 10.4. The lowest BCUT2D eigenvalue weighted by Gasteiger charge is -2.11. The van der Waals surface area contributed by atoms with Crippen LogP contribution in [0.1, 0.15) is 15.9 Å². The minimum atomic E-state index is -0.172. The molecule has 2 aromatic carbocycles. The van der Waals surface area contributed by atoms with Crippen molar-refractivity contribution in [3.8, 4) is 0 Å². The van der Waals surface area contributed by atoms with Crippen molar-refractivity contribution in [2.75, 3.05) is 10.6 Å². The lowest BCUT2D eigenvalue weighted by molar-refractivity contribution is 0.102. The fourth-order valence-electron chi connectivity index (χ4n) is 2.31. The van der Waals surface area contributed by atoms with Gasteiger partial charge in [0.25, 0.3) is 5.91 Å². The van der Waals surface area contributed by atoms with Crippen LogP contribution in [0.15, 0.2) is 60.8 Å². The summed E-state index contributed by atoms with van der Waals surface area (Å²) in [4.78, 5) is 16.6. The highest BCUT2D eigenvalue weighted by atomic mass is 35.5. The third kappa shape index (κ3) is 4.10. The van der Waals surface area contributed by atoms with Crippen molar-refractivity contribution in [2.24, 2.45) is 0 Å². The van der Waals surface area contributed by atoms with Gasteiger partial charge in [0.05, 0.1) is 27.6 Å². The molecule has 0 saturated carbocycles. The fourth-order valence-corrected chi connectivity index (χ4v) is 2.81. The molecule has 1 amide bonds. The largest absolute Gasteiger partial charge is 0.338 e. The zero-order valence-electron chi connectivity index (χ0n) is 13.4. The topological polar surface area (TPSA) is 54.0 Å². The van der Waals surface area contributed by atoms with Gasteiger partial charge >= 0.3 is 0 Å². The zero-order valence-corrected chi connectivity index (χ0v) is 14.9. The number of hydrogen-bond donors (Lipinski definition) is 2. The maximum atomic E-state index is 12.3. The Morgan fingerprint density at radius 3 is 2.32 bits per heavy atom. The van der Waals surface area contributed by atoms with Crippen LogP contribution in [0, 0.1) is 6.92 Å². The number of benzene rings is 2. The van der Waals surface area contributed by atoms with Gasteiger partial charge in [0.1, 0.15) is 5.82 Å². The standard InChI is InChI=1S/C19H15Cl2N3O/c1-12-5-2-3-6-14(12)19(25)23-13-9-10-17(22-11-13)24-18-15(20)7-4-8-16(18)21/h2-11H,1H3,(H,22,24)(H,23,25). The van der Waals surface area contributed by atoms with E-state index in [0.29, 0.717) is 32.8 Å². The smallest absolute Gasteiger partial charge is 0.255 e. The highest BCUT2D eigenvalue weighted by molar-refractivity contribution is 6.39. The summed E-state index contributed by atoms with van der Waals surface area (Å²) in [5.74, 6) is 0.402. The number of hydrogen-bond acceptors (Lipinski definition) is 3. The summed E-state index contributed by atoms with van der Waals surface area (Å²) in [6, 6.07) is 16.2. The van der Waals surface area contributed by atoms with Gasteiger partial charge in [-0.05, 0) is 42.8 Å². The molecule has 126 valence electrons. The van der Waals surface area contributed by atoms with E-state index < -0.39 is 0 Å². The fraction of sp³-hybridized carbons (Fsp3) is 0.0526. The Kier molecular flexibility index (Phi) is 5.22. The summed E-state index contributed by atoms with van der Waals surface area (Å²) in [5, 5.41) is 6.92. The predicted molar refractivity (Wildman–Crippen MR) is 103 cm³/mol. The van der Waals surface area contributed by atoms with Gasteiger partial charge in [-0.25, -0.2) is 4.98 Å². The third-order valence-electron chi connectivity index (χ3n) is 3.63. The highest BCUT2D eigenvalue weighted by Crippen LogP contribution is 2.32. The van der Waals surface area contributed by atoms with Crippen LogP contribution in [-0.4, -0.2) is 10.9 Å². The molecule has 0 atom stereocenters. The minimum absolute atomic E-state index is 0.172. The summed E-state index contributed by atoms with van der Waals surface area (Å²) in [5.41, 5.74) is 2.74. The van der Waals surface area contributed by atoms with Gasteiger partial charge in [-0.15, -0.1) is 0 Å². The number of anilines is 3. The van der Waals surface area contributed by atoms with Crippen LogP contribution in [0.3, 0.4) is 0 Å². The van der Waals surface area contributed by atoms with E-state index in [2.05, 4.69) is 15.6 Å². The molecule has 0 spiro atoms. The quantitative estimate of drug-likeness (QED) is 0.618. The number of aryl methyl sites for hydroxylation is 1. The summed E-state index contributed by atoms with van der Waals surface area (Å²) in [6.07, 6.45) is 1.57. The molecule has 2 N–H and O–H groups in total. The number of amides is 1. The maximum absolute atomic E-state index is 12.3. The lowest BCUT2D eigenvalue weighted by Crippen LogP contribution is -2.13. The van der Waals surface area contributed by atoms with Crippen molar-refractivity contribution in [1.82, 2.24) is 4.98 Å². The van der Waals surface area contributed by atoms with Gasteiger partial charge in [-0.1, -0.05) is 47.5 Å². The number of rotatable bonds is 4. The van der Waals surface area contributed by atoms with Crippen molar-refractivity contribution < 1.29 is 4.79 Å². The first-order valence-electron chi connectivity index (χ1n) is 7.58. The maximum Gasteiger partial charge on any atom is 0.255 e. The molecule has 6 heteroatoms. The van der Waals surface area contributed by atoms with E-state index in [1.807, 2.05) is 25.1 Å². The molecule has 0 fully saturated rings. The second-order valence-corrected chi connectivity index (χ2v) is 6.24. The Hall–Kier alpha value is -2.56. The molecule has 0 aliphatic rings. The molecule has 4 nitrogen and oxygen atoms in total. The first kappa shape index (κ1) is 17.3. The summed E-state index contributed by atoms with van der Waals surface area (Å²) in [6.45, 7) is 1.90. The summed E-state index contributed by atoms with van der Waals surface area (Å²) < 4.78 is 0. The number of aromatic nitrogens is 1.